The van der Waals surface area contributed by atoms with Crippen molar-refractivity contribution in [2.75, 3.05) is 26.7 Å². The normalized spacial score (nSPS) is 16.5. The number of oxazole rings is 1. The zero-order valence-electron chi connectivity index (χ0n) is 18.1. The van der Waals surface area contributed by atoms with Gasteiger partial charge >= 0.3 is 0 Å². The highest BCUT2D eigenvalue weighted by Gasteiger charge is 2.28. The van der Waals surface area contributed by atoms with Crippen LogP contribution >= 0.6 is 11.6 Å². The van der Waals surface area contributed by atoms with Crippen LogP contribution in [0.3, 0.4) is 0 Å². The van der Waals surface area contributed by atoms with Crippen molar-refractivity contribution in [1.82, 2.24) is 14.8 Å². The number of likely N-dealkylation sites (N-methyl/N-ethyl adjacent to an activating group) is 1. The van der Waals surface area contributed by atoms with E-state index in [0.29, 0.717) is 37.0 Å². The Morgan fingerprint density at radius 2 is 1.91 bits per heavy atom. The summed E-state index contributed by atoms with van der Waals surface area (Å²) in [5, 5.41) is 0.710. The Labute approximate surface area is 192 Å². The van der Waals surface area contributed by atoms with E-state index >= 15 is 0 Å². The highest BCUT2D eigenvalue weighted by molar-refractivity contribution is 6.30. The number of benzene rings is 2. The van der Waals surface area contributed by atoms with Crippen molar-refractivity contribution in [2.45, 2.75) is 31.7 Å². The van der Waals surface area contributed by atoms with Crippen LogP contribution in [0.2, 0.25) is 5.02 Å². The molecule has 0 N–H and O–H groups in total. The van der Waals surface area contributed by atoms with Gasteiger partial charge in [-0.1, -0.05) is 35.9 Å². The first kappa shape index (κ1) is 22.5. The van der Waals surface area contributed by atoms with E-state index in [0.717, 1.165) is 36.3 Å². The summed E-state index contributed by atoms with van der Waals surface area (Å²) in [6, 6.07) is 14.1. The maximum absolute atomic E-state index is 13.1. The largest absolute Gasteiger partial charge is 0.445 e. The minimum absolute atomic E-state index is 0.0901. The van der Waals surface area contributed by atoms with Gasteiger partial charge < -0.3 is 9.32 Å². The Bertz CT molecular complexity index is 1040. The van der Waals surface area contributed by atoms with E-state index < -0.39 is 0 Å². The molecule has 1 atom stereocenters. The number of carbonyl (C=O) groups excluding carboxylic acids is 1. The summed E-state index contributed by atoms with van der Waals surface area (Å²) in [4.78, 5) is 21.2. The smallest absolute Gasteiger partial charge is 0.236 e. The summed E-state index contributed by atoms with van der Waals surface area (Å²) in [6.45, 7) is 2.27. The Kier molecular flexibility index (Phi) is 7.22. The van der Waals surface area contributed by atoms with Crippen LogP contribution in [0.4, 0.5) is 4.39 Å². The number of amides is 1. The molecule has 1 aliphatic rings. The molecule has 1 aromatic heterocycles. The number of hydrogen-bond acceptors (Lipinski definition) is 4. The van der Waals surface area contributed by atoms with Crippen molar-refractivity contribution >= 4 is 17.5 Å². The minimum Gasteiger partial charge on any atom is -0.445 e. The quantitative estimate of drug-likeness (QED) is 0.508. The van der Waals surface area contributed by atoms with Gasteiger partial charge in [-0.3, -0.25) is 9.69 Å². The van der Waals surface area contributed by atoms with Crippen LogP contribution in [0, 0.1) is 5.82 Å². The first-order valence-corrected chi connectivity index (χ1v) is 11.2. The molecule has 2 heterocycles. The maximum atomic E-state index is 13.1. The van der Waals surface area contributed by atoms with Gasteiger partial charge in [-0.05, 0) is 55.3 Å². The molecule has 32 heavy (non-hydrogen) atoms. The van der Waals surface area contributed by atoms with Gasteiger partial charge in [0, 0.05) is 31.1 Å². The van der Waals surface area contributed by atoms with Gasteiger partial charge in [0.15, 0.2) is 5.89 Å². The second-order valence-corrected chi connectivity index (χ2v) is 8.88. The molecule has 1 amide bonds. The molecule has 0 aliphatic carbocycles. The van der Waals surface area contributed by atoms with Crippen molar-refractivity contribution in [3.8, 4) is 0 Å². The van der Waals surface area contributed by atoms with E-state index in [4.69, 9.17) is 16.0 Å². The van der Waals surface area contributed by atoms with E-state index in [2.05, 4.69) is 4.98 Å². The molecule has 0 saturated carbocycles. The van der Waals surface area contributed by atoms with E-state index in [1.807, 2.05) is 41.1 Å². The van der Waals surface area contributed by atoms with Gasteiger partial charge in [0.1, 0.15) is 11.6 Å². The fraction of sp³-hybridized carbons (Fsp3) is 0.360. The highest BCUT2D eigenvalue weighted by atomic mass is 35.5. The molecule has 0 bridgehead atoms. The average molecular weight is 456 g/mol. The van der Waals surface area contributed by atoms with E-state index in [9.17, 15) is 9.18 Å². The monoisotopic (exact) mass is 455 g/mol. The first-order valence-electron chi connectivity index (χ1n) is 10.9. The lowest BCUT2D eigenvalue weighted by atomic mass is 9.98. The maximum Gasteiger partial charge on any atom is 0.236 e. The van der Waals surface area contributed by atoms with Crippen molar-refractivity contribution < 1.29 is 13.6 Å². The third kappa shape index (κ3) is 5.96. The Morgan fingerprint density at radius 1 is 1.19 bits per heavy atom. The molecule has 4 rings (SSSR count). The van der Waals surface area contributed by atoms with Gasteiger partial charge in [0.2, 0.25) is 5.91 Å². The molecule has 1 fully saturated rings. The van der Waals surface area contributed by atoms with Crippen LogP contribution in [0.5, 0.6) is 0 Å². The number of aromatic nitrogens is 1. The van der Waals surface area contributed by atoms with Crippen LogP contribution in [0.1, 0.15) is 41.5 Å². The van der Waals surface area contributed by atoms with Crippen LogP contribution in [-0.2, 0) is 17.8 Å². The van der Waals surface area contributed by atoms with E-state index in [1.54, 1.807) is 18.3 Å². The van der Waals surface area contributed by atoms with Crippen LogP contribution in [-0.4, -0.2) is 47.4 Å². The highest BCUT2D eigenvalue weighted by Crippen LogP contribution is 2.27. The predicted octanol–water partition coefficient (Wildman–Crippen LogP) is 4.90. The molecule has 0 spiro atoms. The summed E-state index contributed by atoms with van der Waals surface area (Å²) in [5.41, 5.74) is 2.09. The first-order chi connectivity index (χ1) is 15.5. The predicted molar refractivity (Wildman–Crippen MR) is 122 cm³/mol. The minimum atomic E-state index is -0.255. The molecule has 2 aromatic carbocycles. The summed E-state index contributed by atoms with van der Waals surface area (Å²) in [6.07, 6.45) is 4.32. The Balaban J connectivity index is 1.31. The Hall–Kier alpha value is -2.70. The molecule has 3 aromatic rings. The molecule has 1 aliphatic heterocycles. The number of hydrogen-bond donors (Lipinski definition) is 0. The second kappa shape index (κ2) is 10.3. The molecular formula is C25H27ClFN3O2. The number of carbonyl (C=O) groups is 1. The number of nitrogens with zero attached hydrogens (tertiary/aromatic N) is 3. The second-order valence-electron chi connectivity index (χ2n) is 8.45. The number of rotatable bonds is 7. The van der Waals surface area contributed by atoms with Gasteiger partial charge in [-0.2, -0.15) is 0 Å². The van der Waals surface area contributed by atoms with Gasteiger partial charge in [0.05, 0.1) is 18.7 Å². The zero-order chi connectivity index (χ0) is 22.5. The number of likely N-dealkylation sites (tertiary alicyclic amines) is 1. The molecule has 0 unspecified atom stereocenters. The third-order valence-corrected chi connectivity index (χ3v) is 6.01. The third-order valence-electron chi connectivity index (χ3n) is 5.76. The van der Waals surface area contributed by atoms with E-state index in [-0.39, 0.29) is 17.6 Å². The lowest BCUT2D eigenvalue weighted by Gasteiger charge is -2.32. The standard InChI is InChI=1S/C25H27ClFN3O2/c1-29(15-19-6-10-22(27)11-7-19)17-24(31)30-12-2-3-20(16-30)25-28-14-23(32-25)13-18-4-8-21(26)9-5-18/h4-11,14,20H,2-3,12-13,15-17H2,1H3/t20-/m1/s1. The van der Waals surface area contributed by atoms with Crippen molar-refractivity contribution in [3.63, 3.8) is 0 Å². The summed E-state index contributed by atoms with van der Waals surface area (Å²) >= 11 is 5.95. The fourth-order valence-electron chi connectivity index (χ4n) is 4.09. The summed E-state index contributed by atoms with van der Waals surface area (Å²) in [7, 11) is 1.90. The molecule has 5 nitrogen and oxygen atoms in total. The number of halogens is 2. The topological polar surface area (TPSA) is 49.6 Å². The van der Waals surface area contributed by atoms with Crippen LogP contribution in [0.15, 0.2) is 59.1 Å². The molecular weight excluding hydrogens is 429 g/mol. The SMILES string of the molecule is CN(CC(=O)N1CCC[C@@H](c2ncc(Cc3ccc(Cl)cc3)o2)C1)Cc1ccc(F)cc1. The lowest BCUT2D eigenvalue weighted by molar-refractivity contribution is -0.133. The fourth-order valence-corrected chi connectivity index (χ4v) is 4.22. The number of piperidine rings is 1. The molecule has 7 heteroatoms. The van der Waals surface area contributed by atoms with Gasteiger partial charge in [0.25, 0.3) is 0 Å². The summed E-state index contributed by atoms with van der Waals surface area (Å²) in [5.74, 6) is 1.45. The van der Waals surface area contributed by atoms with Crippen LogP contribution < -0.4 is 0 Å². The Morgan fingerprint density at radius 3 is 2.66 bits per heavy atom. The molecule has 1 saturated heterocycles. The zero-order valence-corrected chi connectivity index (χ0v) is 18.9. The molecule has 168 valence electrons. The molecule has 0 radical (unpaired) electrons. The van der Waals surface area contributed by atoms with E-state index in [1.165, 1.54) is 12.1 Å². The van der Waals surface area contributed by atoms with Crippen molar-refractivity contribution in [1.29, 1.82) is 0 Å². The van der Waals surface area contributed by atoms with Crippen molar-refractivity contribution in [2.24, 2.45) is 0 Å². The lowest BCUT2D eigenvalue weighted by Crippen LogP contribution is -2.43. The van der Waals surface area contributed by atoms with Crippen molar-refractivity contribution in [3.05, 3.63) is 88.3 Å². The van der Waals surface area contributed by atoms with Gasteiger partial charge in [-0.25, -0.2) is 9.37 Å². The van der Waals surface area contributed by atoms with Gasteiger partial charge in [-0.15, -0.1) is 0 Å². The summed E-state index contributed by atoms with van der Waals surface area (Å²) < 4.78 is 19.1. The van der Waals surface area contributed by atoms with Crippen LogP contribution in [0.25, 0.3) is 0 Å². The average Bonchev–Trinajstić information content (AvgIpc) is 3.25.